The molecular weight excluding hydrogens is 366 g/mol. The fourth-order valence-corrected chi connectivity index (χ4v) is 2.03. The third-order valence-electron chi connectivity index (χ3n) is 3.03. The predicted octanol–water partition coefficient (Wildman–Crippen LogP) is 1.11. The number of fused-ring (bicyclic) bond motifs is 1. The number of hydrogen-bond donors (Lipinski definition) is 1. The number of ether oxygens (including phenoxy) is 3. The highest BCUT2D eigenvalue weighted by atomic mass is 32.2. The molecule has 11 heteroatoms. The molecule has 0 spiro atoms. The fraction of sp³-hybridized carbons (Fsp3) is 0.286. The van der Waals surface area contributed by atoms with Gasteiger partial charge in [-0.05, 0) is 6.07 Å². The molecule has 0 atom stereocenters. The zero-order valence-electron chi connectivity index (χ0n) is 12.5. The van der Waals surface area contributed by atoms with Crippen LogP contribution < -0.4 is 9.47 Å². The Labute approximate surface area is 140 Å². The number of hydrogen-bond acceptors (Lipinski definition) is 7. The van der Waals surface area contributed by atoms with Gasteiger partial charge in [0.25, 0.3) is 0 Å². The van der Waals surface area contributed by atoms with Crippen LogP contribution in [0.1, 0.15) is 5.56 Å². The standard InChI is InChI=1S/C14H12F2O8S/c1-8(6-22-7-14(15,16)25(19,20)21)13(18)23-10-4-2-3-9-5-11(17)24-12(9)10/h2-4H,1,5-7H2,(H,19,20,21). The molecule has 0 fully saturated rings. The van der Waals surface area contributed by atoms with Gasteiger partial charge in [0.05, 0.1) is 18.6 Å². The van der Waals surface area contributed by atoms with Crippen LogP contribution in [0.15, 0.2) is 30.4 Å². The Kier molecular flexibility index (Phi) is 5.20. The van der Waals surface area contributed by atoms with Crippen LogP contribution in [-0.2, 0) is 30.9 Å². The van der Waals surface area contributed by atoms with E-state index in [2.05, 4.69) is 11.3 Å². The Hall–Kier alpha value is -2.37. The summed E-state index contributed by atoms with van der Waals surface area (Å²) in [7, 11) is -5.63. The topological polar surface area (TPSA) is 116 Å². The first-order valence-corrected chi connectivity index (χ1v) is 8.10. The molecule has 25 heavy (non-hydrogen) atoms. The number of carbonyl (C=O) groups excluding carboxylic acids is 2. The van der Waals surface area contributed by atoms with Gasteiger partial charge in [0, 0.05) is 5.56 Å². The molecule has 0 saturated heterocycles. The van der Waals surface area contributed by atoms with Gasteiger partial charge in [-0.3, -0.25) is 9.35 Å². The summed E-state index contributed by atoms with van der Waals surface area (Å²) in [4.78, 5) is 23.1. The largest absolute Gasteiger partial charge is 0.422 e. The lowest BCUT2D eigenvalue weighted by atomic mass is 10.1. The lowest BCUT2D eigenvalue weighted by Crippen LogP contribution is -2.34. The molecule has 0 radical (unpaired) electrons. The first-order valence-electron chi connectivity index (χ1n) is 6.66. The monoisotopic (exact) mass is 378 g/mol. The molecule has 0 unspecified atom stereocenters. The molecule has 136 valence electrons. The third kappa shape index (κ3) is 4.38. The van der Waals surface area contributed by atoms with Gasteiger partial charge in [0.1, 0.15) is 6.61 Å². The summed E-state index contributed by atoms with van der Waals surface area (Å²) in [5.41, 5.74) is 0.123. The van der Waals surface area contributed by atoms with Crippen LogP contribution in [0, 0.1) is 0 Å². The average Bonchev–Trinajstić information content (AvgIpc) is 2.87. The van der Waals surface area contributed by atoms with Crippen LogP contribution >= 0.6 is 0 Å². The first kappa shape index (κ1) is 19.0. The van der Waals surface area contributed by atoms with E-state index in [-0.39, 0.29) is 17.9 Å². The van der Waals surface area contributed by atoms with Crippen molar-refractivity contribution in [3.05, 3.63) is 35.9 Å². The number of alkyl halides is 2. The first-order chi connectivity index (χ1) is 11.5. The van der Waals surface area contributed by atoms with Gasteiger partial charge < -0.3 is 14.2 Å². The highest BCUT2D eigenvalue weighted by Gasteiger charge is 2.44. The molecule has 1 aromatic rings. The van der Waals surface area contributed by atoms with Crippen molar-refractivity contribution in [3.8, 4) is 11.5 Å². The van der Waals surface area contributed by atoms with E-state index in [4.69, 9.17) is 14.0 Å². The smallest absolute Gasteiger partial charge is 0.392 e. The molecule has 1 aliphatic rings. The van der Waals surface area contributed by atoms with E-state index < -0.39 is 46.1 Å². The predicted molar refractivity (Wildman–Crippen MR) is 77.9 cm³/mol. The minimum atomic E-state index is -5.63. The van der Waals surface area contributed by atoms with Gasteiger partial charge in [0.2, 0.25) is 0 Å². The molecule has 1 aliphatic heterocycles. The summed E-state index contributed by atoms with van der Waals surface area (Å²) < 4.78 is 69.3. The van der Waals surface area contributed by atoms with E-state index in [0.717, 1.165) is 0 Å². The maximum Gasteiger partial charge on any atom is 0.392 e. The number of esters is 2. The summed E-state index contributed by atoms with van der Waals surface area (Å²) in [5, 5.41) is -4.52. The summed E-state index contributed by atoms with van der Waals surface area (Å²) in [5.74, 6) is -1.55. The van der Waals surface area contributed by atoms with E-state index in [0.29, 0.717) is 5.56 Å². The lowest BCUT2D eigenvalue weighted by molar-refractivity contribution is -0.134. The van der Waals surface area contributed by atoms with Gasteiger partial charge >= 0.3 is 27.3 Å². The second-order valence-electron chi connectivity index (χ2n) is 4.99. The van der Waals surface area contributed by atoms with Crippen molar-refractivity contribution in [2.45, 2.75) is 11.7 Å². The van der Waals surface area contributed by atoms with Gasteiger partial charge in [-0.1, -0.05) is 18.7 Å². The highest BCUT2D eigenvalue weighted by molar-refractivity contribution is 7.86. The molecule has 8 nitrogen and oxygen atoms in total. The van der Waals surface area contributed by atoms with Crippen molar-refractivity contribution in [2.75, 3.05) is 13.2 Å². The third-order valence-corrected chi connectivity index (χ3v) is 3.90. The number of para-hydroxylation sites is 1. The number of rotatable bonds is 7. The van der Waals surface area contributed by atoms with E-state index in [1.807, 2.05) is 0 Å². The second kappa shape index (κ2) is 6.86. The molecule has 1 aromatic carbocycles. The van der Waals surface area contributed by atoms with E-state index in [1.54, 1.807) is 6.07 Å². The van der Waals surface area contributed by atoms with Gasteiger partial charge in [-0.25, -0.2) is 4.79 Å². The zero-order chi connectivity index (χ0) is 18.8. The molecule has 0 aliphatic carbocycles. The molecular formula is C14H12F2O8S. The molecule has 0 bridgehead atoms. The molecule has 0 saturated carbocycles. The maximum absolute atomic E-state index is 13.0. The maximum atomic E-state index is 13.0. The number of halogens is 2. The molecule has 2 rings (SSSR count). The molecule has 1 heterocycles. The minimum absolute atomic E-state index is 0.0233. The van der Waals surface area contributed by atoms with Crippen molar-refractivity contribution in [1.82, 2.24) is 0 Å². The SMILES string of the molecule is C=C(COCC(F)(F)S(=O)(=O)O)C(=O)Oc1cccc2c1OC(=O)C2. The van der Waals surface area contributed by atoms with Gasteiger partial charge in [-0.2, -0.15) is 17.2 Å². The zero-order valence-corrected chi connectivity index (χ0v) is 13.3. The van der Waals surface area contributed by atoms with Crippen molar-refractivity contribution in [3.63, 3.8) is 0 Å². The van der Waals surface area contributed by atoms with Crippen LogP contribution in [0.3, 0.4) is 0 Å². The van der Waals surface area contributed by atoms with Crippen LogP contribution in [0.4, 0.5) is 8.78 Å². The molecule has 0 amide bonds. The van der Waals surface area contributed by atoms with Gasteiger partial charge in [0.15, 0.2) is 11.5 Å². The van der Waals surface area contributed by atoms with E-state index in [1.165, 1.54) is 12.1 Å². The highest BCUT2D eigenvalue weighted by Crippen LogP contribution is 2.36. The fourth-order valence-electron chi connectivity index (χ4n) is 1.80. The summed E-state index contributed by atoms with van der Waals surface area (Å²) in [6.07, 6.45) is 0.0233. The lowest BCUT2D eigenvalue weighted by Gasteiger charge is -2.14. The Morgan fingerprint density at radius 1 is 1.40 bits per heavy atom. The number of benzene rings is 1. The van der Waals surface area contributed by atoms with Crippen molar-refractivity contribution < 1.29 is 45.6 Å². The van der Waals surface area contributed by atoms with Gasteiger partial charge in [-0.15, -0.1) is 0 Å². The van der Waals surface area contributed by atoms with Crippen molar-refractivity contribution in [2.24, 2.45) is 0 Å². The Bertz CT molecular complexity index is 831. The van der Waals surface area contributed by atoms with Crippen LogP contribution in [-0.4, -0.2) is 43.4 Å². The Balaban J connectivity index is 1.93. The second-order valence-corrected chi connectivity index (χ2v) is 6.54. The Morgan fingerprint density at radius 3 is 2.72 bits per heavy atom. The average molecular weight is 378 g/mol. The Morgan fingerprint density at radius 2 is 2.08 bits per heavy atom. The van der Waals surface area contributed by atoms with E-state index >= 15 is 0 Å². The van der Waals surface area contributed by atoms with Crippen molar-refractivity contribution in [1.29, 1.82) is 0 Å². The van der Waals surface area contributed by atoms with Crippen LogP contribution in [0.2, 0.25) is 0 Å². The van der Waals surface area contributed by atoms with Crippen LogP contribution in [0.25, 0.3) is 0 Å². The van der Waals surface area contributed by atoms with Crippen LogP contribution in [0.5, 0.6) is 11.5 Å². The quantitative estimate of drug-likeness (QED) is 0.325. The summed E-state index contributed by atoms with van der Waals surface area (Å²) in [6, 6.07) is 4.48. The summed E-state index contributed by atoms with van der Waals surface area (Å²) in [6.45, 7) is 0.842. The normalized spacial score (nSPS) is 14.0. The molecule has 0 aromatic heterocycles. The minimum Gasteiger partial charge on any atom is -0.422 e. The van der Waals surface area contributed by atoms with E-state index in [9.17, 15) is 26.8 Å². The van der Waals surface area contributed by atoms with Crippen molar-refractivity contribution >= 4 is 22.1 Å². The number of carbonyl (C=O) groups is 2. The summed E-state index contributed by atoms with van der Waals surface area (Å²) >= 11 is 0. The molecule has 1 N–H and O–H groups in total.